The number of ether oxygens (including phenoxy) is 3. The monoisotopic (exact) mass is 358 g/mol. The van der Waals surface area contributed by atoms with Gasteiger partial charge in [0.05, 0.1) is 30.8 Å². The highest BCUT2D eigenvalue weighted by atomic mass is 16.7. The molecule has 138 valence electrons. The lowest BCUT2D eigenvalue weighted by molar-refractivity contribution is -0.887. The first-order chi connectivity index (χ1) is 12.7. The van der Waals surface area contributed by atoms with Crippen molar-refractivity contribution < 1.29 is 28.6 Å². The molecule has 0 amide bonds. The molecule has 0 bridgehead atoms. The van der Waals surface area contributed by atoms with Crippen LogP contribution in [0.4, 0.5) is 0 Å². The molecule has 0 radical (unpaired) electrons. The van der Waals surface area contributed by atoms with Gasteiger partial charge in [0.2, 0.25) is 6.20 Å². The molecule has 6 nitrogen and oxygen atoms in total. The SMILES string of the molecule is COC(=O)C1CCOC(c2ccc(OCc3ccccc3)[n+](OC)c2)C1. The lowest BCUT2D eigenvalue weighted by Gasteiger charge is -2.27. The average Bonchev–Trinajstić information content (AvgIpc) is 2.72. The summed E-state index contributed by atoms with van der Waals surface area (Å²) < 4.78 is 18.1. The highest BCUT2D eigenvalue weighted by molar-refractivity contribution is 5.72. The number of rotatable bonds is 6. The molecule has 1 aromatic carbocycles. The molecule has 1 aliphatic heterocycles. The Morgan fingerprint density at radius 3 is 2.73 bits per heavy atom. The number of aromatic nitrogens is 1. The van der Waals surface area contributed by atoms with E-state index in [1.54, 1.807) is 11.8 Å². The van der Waals surface area contributed by atoms with E-state index in [0.717, 1.165) is 11.1 Å². The Balaban J connectivity index is 1.70. The van der Waals surface area contributed by atoms with Gasteiger partial charge in [-0.2, -0.15) is 0 Å². The van der Waals surface area contributed by atoms with E-state index in [4.69, 9.17) is 19.0 Å². The van der Waals surface area contributed by atoms with Crippen LogP contribution in [0.3, 0.4) is 0 Å². The summed E-state index contributed by atoms with van der Waals surface area (Å²) in [5.74, 6) is 0.282. The molecule has 26 heavy (non-hydrogen) atoms. The van der Waals surface area contributed by atoms with Gasteiger partial charge in [-0.05, 0) is 24.5 Å². The van der Waals surface area contributed by atoms with Crippen molar-refractivity contribution >= 4 is 5.97 Å². The third-order valence-corrected chi connectivity index (χ3v) is 4.52. The van der Waals surface area contributed by atoms with Crippen LogP contribution < -0.4 is 14.3 Å². The Morgan fingerprint density at radius 1 is 1.19 bits per heavy atom. The Hall–Kier alpha value is -2.60. The maximum Gasteiger partial charge on any atom is 0.417 e. The normalized spacial score (nSPS) is 19.6. The van der Waals surface area contributed by atoms with Gasteiger partial charge in [-0.15, -0.1) is 0 Å². The number of benzene rings is 1. The Morgan fingerprint density at radius 2 is 2.00 bits per heavy atom. The fourth-order valence-corrected chi connectivity index (χ4v) is 3.07. The van der Waals surface area contributed by atoms with Crippen molar-refractivity contribution in [3.8, 4) is 5.88 Å². The van der Waals surface area contributed by atoms with E-state index in [9.17, 15) is 4.79 Å². The molecule has 0 N–H and O–H groups in total. The minimum atomic E-state index is -0.180. The maximum absolute atomic E-state index is 11.8. The quantitative estimate of drug-likeness (QED) is 0.586. The van der Waals surface area contributed by atoms with Crippen LogP contribution in [-0.2, 0) is 20.9 Å². The number of carbonyl (C=O) groups is 1. The van der Waals surface area contributed by atoms with Crippen molar-refractivity contribution in [2.45, 2.75) is 25.6 Å². The number of hydrogen-bond donors (Lipinski definition) is 0. The standard InChI is InChI=1S/C20H24NO5/c1-23-20(22)16-10-11-25-18(12-16)17-8-9-19(21(13-17)24-2)26-14-15-6-4-3-5-7-15/h3-9,13,16,18H,10-12,14H2,1-2H3/q+1. The molecule has 2 unspecified atom stereocenters. The summed E-state index contributed by atoms with van der Waals surface area (Å²) in [6.07, 6.45) is 2.95. The van der Waals surface area contributed by atoms with Gasteiger partial charge in [-0.3, -0.25) is 9.63 Å². The van der Waals surface area contributed by atoms with Gasteiger partial charge in [0, 0.05) is 11.3 Å². The molecular formula is C20H24NO5+. The summed E-state index contributed by atoms with van der Waals surface area (Å²) in [5.41, 5.74) is 2.02. The van der Waals surface area contributed by atoms with Crippen LogP contribution in [0.2, 0.25) is 0 Å². The zero-order valence-electron chi connectivity index (χ0n) is 15.1. The van der Waals surface area contributed by atoms with Crippen molar-refractivity contribution in [3.05, 3.63) is 59.8 Å². The van der Waals surface area contributed by atoms with E-state index >= 15 is 0 Å². The summed E-state index contributed by atoms with van der Waals surface area (Å²) in [4.78, 5) is 17.2. The third kappa shape index (κ3) is 4.32. The van der Waals surface area contributed by atoms with Crippen molar-refractivity contribution in [2.24, 2.45) is 5.92 Å². The number of carbonyl (C=O) groups excluding carboxylic acids is 1. The lowest BCUT2D eigenvalue weighted by Crippen LogP contribution is -2.42. The fraction of sp³-hybridized carbons (Fsp3) is 0.400. The van der Waals surface area contributed by atoms with Gasteiger partial charge in [-0.1, -0.05) is 30.3 Å². The number of methoxy groups -OCH3 is 1. The minimum Gasteiger partial charge on any atom is -0.469 e. The first kappa shape index (κ1) is 18.2. The molecular weight excluding hydrogens is 334 g/mol. The highest BCUT2D eigenvalue weighted by Crippen LogP contribution is 2.32. The summed E-state index contributed by atoms with van der Waals surface area (Å²) in [6.45, 7) is 0.984. The zero-order chi connectivity index (χ0) is 18.4. The van der Waals surface area contributed by atoms with Gasteiger partial charge in [0.1, 0.15) is 13.7 Å². The second-order valence-corrected chi connectivity index (χ2v) is 6.19. The molecule has 1 aliphatic rings. The smallest absolute Gasteiger partial charge is 0.417 e. The molecule has 0 aliphatic carbocycles. The van der Waals surface area contributed by atoms with E-state index in [1.807, 2.05) is 48.7 Å². The molecule has 3 rings (SSSR count). The van der Waals surface area contributed by atoms with Crippen LogP contribution in [0.15, 0.2) is 48.7 Å². The van der Waals surface area contributed by atoms with Crippen LogP contribution in [-0.4, -0.2) is 26.8 Å². The molecule has 2 aromatic rings. The van der Waals surface area contributed by atoms with Gasteiger partial charge in [0.25, 0.3) is 0 Å². The van der Waals surface area contributed by atoms with Crippen LogP contribution in [0.5, 0.6) is 5.88 Å². The van der Waals surface area contributed by atoms with Crippen molar-refractivity contribution in [1.29, 1.82) is 0 Å². The number of esters is 1. The first-order valence-corrected chi connectivity index (χ1v) is 8.67. The van der Waals surface area contributed by atoms with Crippen molar-refractivity contribution in [2.75, 3.05) is 20.8 Å². The van der Waals surface area contributed by atoms with Crippen LogP contribution >= 0.6 is 0 Å². The Bertz CT molecular complexity index is 734. The Labute approximate surface area is 153 Å². The van der Waals surface area contributed by atoms with Crippen LogP contribution in [0.1, 0.15) is 30.1 Å². The van der Waals surface area contributed by atoms with Gasteiger partial charge < -0.3 is 14.2 Å². The maximum atomic E-state index is 11.8. The summed E-state index contributed by atoms with van der Waals surface area (Å²) in [7, 11) is 3.00. The highest BCUT2D eigenvalue weighted by Gasteiger charge is 2.31. The number of nitrogens with zero attached hydrogens (tertiary/aromatic N) is 1. The van der Waals surface area contributed by atoms with Gasteiger partial charge >= 0.3 is 11.8 Å². The molecule has 6 heteroatoms. The molecule has 0 spiro atoms. The summed E-state index contributed by atoms with van der Waals surface area (Å²) in [6, 6.07) is 13.7. The second-order valence-electron chi connectivity index (χ2n) is 6.19. The fourth-order valence-electron chi connectivity index (χ4n) is 3.07. The molecule has 1 saturated heterocycles. The van der Waals surface area contributed by atoms with Crippen molar-refractivity contribution in [1.82, 2.24) is 0 Å². The van der Waals surface area contributed by atoms with Crippen LogP contribution in [0, 0.1) is 5.92 Å². The second kappa shape index (κ2) is 8.67. The molecule has 1 fully saturated rings. The third-order valence-electron chi connectivity index (χ3n) is 4.52. The van der Waals surface area contributed by atoms with Crippen molar-refractivity contribution in [3.63, 3.8) is 0 Å². The number of hydrogen-bond acceptors (Lipinski definition) is 5. The zero-order valence-corrected chi connectivity index (χ0v) is 15.1. The molecule has 2 atom stereocenters. The van der Waals surface area contributed by atoms with E-state index in [0.29, 0.717) is 31.9 Å². The van der Waals surface area contributed by atoms with Gasteiger partial charge in [0.15, 0.2) is 0 Å². The van der Waals surface area contributed by atoms with Gasteiger partial charge in [-0.25, -0.2) is 0 Å². The van der Waals surface area contributed by atoms with E-state index in [2.05, 4.69) is 0 Å². The molecule has 1 aromatic heterocycles. The molecule has 2 heterocycles. The topological polar surface area (TPSA) is 57.9 Å². The van der Waals surface area contributed by atoms with E-state index < -0.39 is 0 Å². The predicted octanol–water partition coefficient (Wildman–Crippen LogP) is 2.25. The largest absolute Gasteiger partial charge is 0.469 e. The minimum absolute atomic E-state index is 0.135. The van der Waals surface area contributed by atoms with Crippen LogP contribution in [0.25, 0.3) is 0 Å². The number of pyridine rings is 1. The lowest BCUT2D eigenvalue weighted by atomic mass is 9.92. The first-order valence-electron chi connectivity index (χ1n) is 8.67. The summed E-state index contributed by atoms with van der Waals surface area (Å²) >= 11 is 0. The average molecular weight is 358 g/mol. The predicted molar refractivity (Wildman–Crippen MR) is 93.3 cm³/mol. The van der Waals surface area contributed by atoms with E-state index in [-0.39, 0.29) is 18.0 Å². The van der Waals surface area contributed by atoms with E-state index in [1.165, 1.54) is 7.11 Å². The summed E-state index contributed by atoms with van der Waals surface area (Å²) in [5, 5.41) is 0. The molecule has 0 saturated carbocycles. The Kier molecular flexibility index (Phi) is 6.07.